The second-order valence-electron chi connectivity index (χ2n) is 12.8. The highest BCUT2D eigenvalue weighted by atomic mass is 31.2. The van der Waals surface area contributed by atoms with Gasteiger partial charge in [-0.15, -0.1) is 0 Å². The van der Waals surface area contributed by atoms with Gasteiger partial charge in [-0.1, -0.05) is 36.4 Å². The lowest BCUT2D eigenvalue weighted by Crippen LogP contribution is -2.41. The molecule has 1 saturated heterocycles. The van der Waals surface area contributed by atoms with E-state index < -0.39 is 94.2 Å². The van der Waals surface area contributed by atoms with Crippen molar-refractivity contribution < 1.29 is 55.4 Å². The number of H-pyrrole nitrogens is 1. The molecule has 1 aliphatic rings. The van der Waals surface area contributed by atoms with Crippen LogP contribution in [0.1, 0.15) is 53.3 Å². The Labute approximate surface area is 311 Å². The molecule has 0 spiro atoms. The first-order valence-electron chi connectivity index (χ1n) is 17.0. The predicted molar refractivity (Wildman–Crippen MR) is 193 cm³/mol. The average molecular weight is 799 g/mol. The number of aromatic nitrogens is 2. The lowest BCUT2D eigenvalue weighted by atomic mass is 10.1. The number of hydrogen-bond acceptors (Lipinski definition) is 13. The number of alkyl halides is 1. The molecule has 296 valence electrons. The molecule has 2 heterocycles. The SMILES string of the molecule is Cc1cn([C@H]2O[C@@H](CO[P@@](=O)(N[C@@H](C)C(=O)OC(C)C)Oc3ccccc3)C(O[P@@](=O)(N[C@@H](C)C(=O)OC(C)C)Oc3ccccc3)[C@H]2F)c(=O)[nH]c1=O. The lowest BCUT2D eigenvalue weighted by molar-refractivity contribution is -0.150. The fraction of sp³-hybridized carbons (Fsp3) is 0.471. The molecule has 0 aliphatic carbocycles. The Bertz CT molecular complexity index is 1950. The molecule has 1 aliphatic heterocycles. The Hall–Kier alpha value is -4.15. The number of hydrogen-bond donors (Lipinski definition) is 3. The lowest BCUT2D eigenvalue weighted by Gasteiger charge is -2.29. The summed E-state index contributed by atoms with van der Waals surface area (Å²) in [5.41, 5.74) is -1.73. The van der Waals surface area contributed by atoms with Crippen molar-refractivity contribution in [2.24, 2.45) is 0 Å². The van der Waals surface area contributed by atoms with Gasteiger partial charge in [-0.3, -0.25) is 33.0 Å². The van der Waals surface area contributed by atoms with Crippen molar-refractivity contribution in [3.8, 4) is 11.5 Å². The van der Waals surface area contributed by atoms with Gasteiger partial charge in [-0.05, 0) is 72.7 Å². The molecular formula is C34H45FN4O13P2. The summed E-state index contributed by atoms with van der Waals surface area (Å²) in [6.45, 7) is 9.72. The minimum atomic E-state index is -4.78. The third-order valence-electron chi connectivity index (χ3n) is 7.41. The number of esters is 2. The van der Waals surface area contributed by atoms with Gasteiger partial charge in [-0.2, -0.15) is 10.2 Å². The molecule has 0 saturated carbocycles. The summed E-state index contributed by atoms with van der Waals surface area (Å²) >= 11 is 0. The normalized spacial score (nSPS) is 21.8. The van der Waals surface area contributed by atoms with Crippen LogP contribution in [0.3, 0.4) is 0 Å². The number of aromatic amines is 1. The van der Waals surface area contributed by atoms with Gasteiger partial charge in [0.1, 0.15) is 35.8 Å². The molecular weight excluding hydrogens is 753 g/mol. The van der Waals surface area contributed by atoms with Crippen LogP contribution < -0.4 is 30.5 Å². The average Bonchev–Trinajstić information content (AvgIpc) is 3.39. The van der Waals surface area contributed by atoms with Crippen molar-refractivity contribution in [2.75, 3.05) is 6.61 Å². The Kier molecular flexibility index (Phi) is 14.6. The van der Waals surface area contributed by atoms with Crippen LogP contribution in [0.25, 0.3) is 0 Å². The quantitative estimate of drug-likeness (QED) is 0.117. The molecule has 1 aromatic heterocycles. The zero-order valence-corrected chi connectivity index (χ0v) is 32.5. The largest absolute Gasteiger partial charge is 0.462 e. The first-order valence-corrected chi connectivity index (χ1v) is 20.1. The fourth-order valence-corrected chi connectivity index (χ4v) is 8.15. The number of carbonyl (C=O) groups excluding carboxylic acids is 2. The van der Waals surface area contributed by atoms with Crippen molar-refractivity contribution in [1.82, 2.24) is 19.7 Å². The maximum absolute atomic E-state index is 16.7. The molecule has 4 rings (SSSR count). The second kappa shape index (κ2) is 18.5. The van der Waals surface area contributed by atoms with Crippen LogP contribution in [0, 0.1) is 6.92 Å². The van der Waals surface area contributed by atoms with Gasteiger partial charge in [0.15, 0.2) is 12.4 Å². The number of nitrogens with zero attached hydrogens (tertiary/aromatic N) is 1. The third kappa shape index (κ3) is 11.7. The summed E-state index contributed by atoms with van der Waals surface area (Å²) in [6, 6.07) is 12.9. The number of rotatable bonds is 18. The minimum Gasteiger partial charge on any atom is -0.462 e. The molecule has 17 nitrogen and oxygen atoms in total. The number of ether oxygens (including phenoxy) is 3. The van der Waals surface area contributed by atoms with Crippen molar-refractivity contribution in [3.63, 3.8) is 0 Å². The predicted octanol–water partition coefficient (Wildman–Crippen LogP) is 4.72. The van der Waals surface area contributed by atoms with Gasteiger partial charge in [0.05, 0.1) is 18.8 Å². The van der Waals surface area contributed by atoms with E-state index in [1.54, 1.807) is 64.1 Å². The van der Waals surface area contributed by atoms with Crippen molar-refractivity contribution in [3.05, 3.63) is 93.3 Å². The highest BCUT2D eigenvalue weighted by Gasteiger charge is 2.52. The van der Waals surface area contributed by atoms with Crippen molar-refractivity contribution >= 4 is 27.4 Å². The summed E-state index contributed by atoms with van der Waals surface area (Å²) in [4.78, 5) is 52.5. The molecule has 54 heavy (non-hydrogen) atoms. The topological polar surface area (TPSA) is 212 Å². The molecule has 3 aromatic rings. The van der Waals surface area contributed by atoms with Crippen molar-refractivity contribution in [2.45, 2.75) is 97.4 Å². The number of benzene rings is 2. The van der Waals surface area contributed by atoms with Crippen LogP contribution in [0.15, 0.2) is 76.4 Å². The molecule has 1 unspecified atom stereocenters. The standard InChI is InChI=1S/C34H45FN4O13P2/c1-20(2)47-32(41)23(6)37-53(44,50-25-14-10-8-11-15-25)46-19-27-29(28(35)31(49-27)39-18-22(5)30(40)36-34(39)43)52-54(45,51-26-16-12-9-13-17-26)38-24(7)33(42)48-21(3)4/h8-18,20-21,23-24,27-29,31H,19H2,1-7H3,(H,37,44)(H,38,45)(H,36,40,43)/t23-,24-,27-,28+,29?,31-,53-,54+/m0/s1. The van der Waals surface area contributed by atoms with Crippen molar-refractivity contribution in [1.29, 1.82) is 0 Å². The van der Waals surface area contributed by atoms with E-state index in [-0.39, 0.29) is 17.1 Å². The van der Waals surface area contributed by atoms with Gasteiger partial charge in [-0.25, -0.2) is 18.3 Å². The van der Waals surface area contributed by atoms with E-state index in [1.165, 1.54) is 45.0 Å². The summed E-state index contributed by atoms with van der Waals surface area (Å²) < 4.78 is 85.6. The molecule has 20 heteroatoms. The minimum absolute atomic E-state index is 0.0103. The Morgan fingerprint density at radius 3 is 1.81 bits per heavy atom. The van der Waals surface area contributed by atoms with Crippen LogP contribution in [-0.2, 0) is 42.0 Å². The van der Waals surface area contributed by atoms with Crippen LogP contribution in [0.2, 0.25) is 0 Å². The van der Waals surface area contributed by atoms with Gasteiger partial charge in [0, 0.05) is 11.8 Å². The Balaban J connectivity index is 1.72. The van der Waals surface area contributed by atoms with E-state index in [2.05, 4.69) is 15.2 Å². The maximum Gasteiger partial charge on any atom is 0.459 e. The van der Waals surface area contributed by atoms with Gasteiger partial charge in [0.25, 0.3) is 5.56 Å². The summed E-state index contributed by atoms with van der Waals surface area (Å²) in [6.07, 6.45) is -7.69. The highest BCUT2D eigenvalue weighted by molar-refractivity contribution is 7.52. The molecule has 0 bridgehead atoms. The van der Waals surface area contributed by atoms with Gasteiger partial charge >= 0.3 is 33.1 Å². The van der Waals surface area contributed by atoms with E-state index in [0.717, 1.165) is 10.8 Å². The van der Waals surface area contributed by atoms with Gasteiger partial charge in [0.2, 0.25) is 0 Å². The zero-order valence-electron chi connectivity index (χ0n) is 30.7. The summed E-state index contributed by atoms with van der Waals surface area (Å²) in [7, 11) is -9.35. The molecule has 8 atom stereocenters. The van der Waals surface area contributed by atoms with E-state index in [4.69, 9.17) is 32.3 Å². The molecule has 0 amide bonds. The summed E-state index contributed by atoms with van der Waals surface area (Å²) in [5, 5.41) is 4.98. The van der Waals surface area contributed by atoms with Crippen LogP contribution in [0.4, 0.5) is 4.39 Å². The number of para-hydroxylation sites is 2. The molecule has 1 fully saturated rings. The molecule has 3 N–H and O–H groups in total. The number of carbonyl (C=O) groups is 2. The highest BCUT2D eigenvalue weighted by Crippen LogP contribution is 2.51. The number of halogens is 1. The van der Waals surface area contributed by atoms with Crippen LogP contribution in [0.5, 0.6) is 11.5 Å². The van der Waals surface area contributed by atoms with E-state index >= 15 is 4.39 Å². The van der Waals surface area contributed by atoms with Crippen LogP contribution in [-0.4, -0.2) is 70.8 Å². The Morgan fingerprint density at radius 2 is 1.31 bits per heavy atom. The smallest absolute Gasteiger partial charge is 0.459 e. The monoisotopic (exact) mass is 798 g/mol. The Morgan fingerprint density at radius 1 is 0.833 bits per heavy atom. The number of nitrogens with one attached hydrogen (secondary N) is 3. The third-order valence-corrected chi connectivity index (χ3v) is 10.7. The molecule has 0 radical (unpaired) electrons. The van der Waals surface area contributed by atoms with E-state index in [1.807, 2.05) is 0 Å². The second-order valence-corrected chi connectivity index (χ2v) is 16.2. The summed E-state index contributed by atoms with van der Waals surface area (Å²) in [5.74, 6) is -1.53. The zero-order chi connectivity index (χ0) is 39.8. The van der Waals surface area contributed by atoms with Gasteiger partial charge < -0.3 is 23.3 Å². The maximum atomic E-state index is 16.7. The van der Waals surface area contributed by atoms with Crippen LogP contribution >= 0.6 is 15.5 Å². The first kappa shape index (κ1) is 42.6. The van der Waals surface area contributed by atoms with E-state index in [0.29, 0.717) is 0 Å². The van der Waals surface area contributed by atoms with E-state index in [9.17, 15) is 28.3 Å². The first-order chi connectivity index (χ1) is 25.4. The number of aryl methyl sites for hydroxylation is 1. The fourth-order valence-electron chi connectivity index (χ4n) is 4.94. The molecule has 2 aromatic carbocycles.